The molecule has 112 valence electrons. The summed E-state index contributed by atoms with van der Waals surface area (Å²) in [5, 5.41) is 0. The van der Waals surface area contributed by atoms with E-state index in [4.69, 9.17) is 0 Å². The van der Waals surface area contributed by atoms with Gasteiger partial charge in [0.15, 0.2) is 0 Å². The minimum atomic E-state index is 0.192. The smallest absolute Gasteiger partial charge is 0.0554 e. The molecule has 0 aliphatic heterocycles. The second-order valence-corrected chi connectivity index (χ2v) is 6.36. The van der Waals surface area contributed by atoms with Gasteiger partial charge in [0.1, 0.15) is 0 Å². The Morgan fingerprint density at radius 2 is 2.00 bits per heavy atom. The highest BCUT2D eigenvalue weighted by atomic mass is 15.1. The van der Waals surface area contributed by atoms with Crippen LogP contribution >= 0.6 is 0 Å². The molecule has 0 heterocycles. The zero-order valence-corrected chi connectivity index (χ0v) is 14.0. The minimum absolute atomic E-state index is 0.192. The molecule has 19 heavy (non-hydrogen) atoms. The fourth-order valence-electron chi connectivity index (χ4n) is 2.10. The van der Waals surface area contributed by atoms with E-state index in [9.17, 15) is 0 Å². The summed E-state index contributed by atoms with van der Waals surface area (Å²) in [6, 6.07) is 0. The number of nitrogens with zero attached hydrogens (tertiary/aromatic N) is 2. The third-order valence-corrected chi connectivity index (χ3v) is 4.19. The van der Waals surface area contributed by atoms with Crippen LogP contribution in [0, 0.1) is 5.92 Å². The highest BCUT2D eigenvalue weighted by molar-refractivity contribution is 5.28. The third kappa shape index (κ3) is 7.39. The Kier molecular flexibility index (Phi) is 8.79. The van der Waals surface area contributed by atoms with Crippen molar-refractivity contribution in [2.45, 2.75) is 78.7 Å². The molecule has 0 aliphatic carbocycles. The molecule has 0 rings (SSSR count). The Morgan fingerprint density at radius 1 is 1.37 bits per heavy atom. The summed E-state index contributed by atoms with van der Waals surface area (Å²) in [6.07, 6.45) is 9.44. The molecule has 0 bridgehead atoms. The molecule has 0 spiro atoms. The van der Waals surface area contributed by atoms with E-state index in [0.29, 0.717) is 0 Å². The average Bonchev–Trinajstić information content (AvgIpc) is 2.37. The van der Waals surface area contributed by atoms with E-state index in [0.717, 1.165) is 24.5 Å². The molecule has 0 saturated heterocycles. The van der Waals surface area contributed by atoms with Gasteiger partial charge in [0.25, 0.3) is 0 Å². The summed E-state index contributed by atoms with van der Waals surface area (Å²) in [4.78, 5) is 6.43. The SMILES string of the molecule is C=N/C(=C\N(C)C(C)(C)CCCC(C)CC)CCC. The summed E-state index contributed by atoms with van der Waals surface area (Å²) in [7, 11) is 2.16. The molecule has 0 aromatic heterocycles. The Labute approximate surface area is 121 Å². The van der Waals surface area contributed by atoms with Crippen LogP contribution in [0.3, 0.4) is 0 Å². The van der Waals surface area contributed by atoms with E-state index < -0.39 is 0 Å². The van der Waals surface area contributed by atoms with Crippen LogP contribution in [-0.4, -0.2) is 24.2 Å². The normalized spacial score (nSPS) is 14.3. The van der Waals surface area contributed by atoms with Crippen LogP contribution in [0.4, 0.5) is 0 Å². The predicted molar refractivity (Wildman–Crippen MR) is 87.7 cm³/mol. The van der Waals surface area contributed by atoms with Crippen LogP contribution in [0.1, 0.15) is 73.1 Å². The molecular formula is C17H34N2. The lowest BCUT2D eigenvalue weighted by atomic mass is 9.92. The molecule has 0 saturated carbocycles. The monoisotopic (exact) mass is 266 g/mol. The van der Waals surface area contributed by atoms with E-state index in [1.165, 1.54) is 25.7 Å². The Hall–Kier alpha value is -0.790. The van der Waals surface area contributed by atoms with Crippen LogP contribution in [0.25, 0.3) is 0 Å². The average molecular weight is 266 g/mol. The van der Waals surface area contributed by atoms with Gasteiger partial charge < -0.3 is 4.90 Å². The Bertz CT molecular complexity index is 279. The van der Waals surface area contributed by atoms with Crippen molar-refractivity contribution in [2.24, 2.45) is 10.9 Å². The first-order chi connectivity index (χ1) is 8.87. The Morgan fingerprint density at radius 3 is 2.47 bits per heavy atom. The number of aliphatic imine (C=N–C) groups is 1. The van der Waals surface area contributed by atoms with Crippen molar-refractivity contribution in [3.05, 3.63) is 11.9 Å². The fourth-order valence-corrected chi connectivity index (χ4v) is 2.10. The van der Waals surface area contributed by atoms with Gasteiger partial charge in [0.05, 0.1) is 5.70 Å². The highest BCUT2D eigenvalue weighted by Crippen LogP contribution is 2.24. The quantitative estimate of drug-likeness (QED) is 0.493. The lowest BCUT2D eigenvalue weighted by Gasteiger charge is -2.35. The van der Waals surface area contributed by atoms with Crippen LogP contribution in [0.15, 0.2) is 16.9 Å². The van der Waals surface area contributed by atoms with E-state index in [-0.39, 0.29) is 5.54 Å². The van der Waals surface area contributed by atoms with E-state index in [1.54, 1.807) is 0 Å². The van der Waals surface area contributed by atoms with Gasteiger partial charge in [-0.1, -0.05) is 46.5 Å². The van der Waals surface area contributed by atoms with Gasteiger partial charge in [-0.3, -0.25) is 4.99 Å². The summed E-state index contributed by atoms with van der Waals surface area (Å²) >= 11 is 0. The van der Waals surface area contributed by atoms with E-state index >= 15 is 0 Å². The fraction of sp³-hybridized carbons (Fsp3) is 0.824. The zero-order chi connectivity index (χ0) is 14.9. The van der Waals surface area contributed by atoms with Crippen LogP contribution < -0.4 is 0 Å². The number of allylic oxidation sites excluding steroid dienone is 1. The molecule has 1 atom stereocenters. The summed E-state index contributed by atoms with van der Waals surface area (Å²) in [5.74, 6) is 0.849. The maximum absolute atomic E-state index is 4.12. The largest absolute Gasteiger partial charge is 0.374 e. The zero-order valence-electron chi connectivity index (χ0n) is 14.0. The molecule has 0 aromatic carbocycles. The van der Waals surface area contributed by atoms with Crippen molar-refractivity contribution in [2.75, 3.05) is 7.05 Å². The topological polar surface area (TPSA) is 15.6 Å². The lowest BCUT2D eigenvalue weighted by molar-refractivity contribution is 0.198. The van der Waals surface area contributed by atoms with Gasteiger partial charge in [-0.2, -0.15) is 0 Å². The first kappa shape index (κ1) is 18.2. The highest BCUT2D eigenvalue weighted by Gasteiger charge is 2.21. The summed E-state index contributed by atoms with van der Waals surface area (Å²) < 4.78 is 0. The molecule has 2 nitrogen and oxygen atoms in total. The van der Waals surface area contributed by atoms with Gasteiger partial charge in [-0.25, -0.2) is 0 Å². The van der Waals surface area contributed by atoms with Gasteiger partial charge in [0.2, 0.25) is 0 Å². The van der Waals surface area contributed by atoms with Gasteiger partial charge in [-0.05, 0) is 39.3 Å². The molecule has 0 fully saturated rings. The van der Waals surface area contributed by atoms with Crippen LogP contribution in [0.5, 0.6) is 0 Å². The van der Waals surface area contributed by atoms with Gasteiger partial charge in [0, 0.05) is 18.8 Å². The first-order valence-corrected chi connectivity index (χ1v) is 7.77. The van der Waals surface area contributed by atoms with E-state index in [1.807, 2.05) is 0 Å². The van der Waals surface area contributed by atoms with Crippen molar-refractivity contribution >= 4 is 6.72 Å². The molecule has 0 amide bonds. The molecule has 0 radical (unpaired) electrons. The van der Waals surface area contributed by atoms with Crippen molar-refractivity contribution in [1.82, 2.24) is 4.90 Å². The molecule has 0 aliphatic rings. The standard InChI is InChI=1S/C17H34N2/c1-8-11-16(18-6)14-19(7)17(4,5)13-10-12-15(3)9-2/h14-15H,6,8-13H2,1-5,7H3/b16-14-. The molecular weight excluding hydrogens is 232 g/mol. The second kappa shape index (κ2) is 9.17. The predicted octanol–water partition coefficient (Wildman–Crippen LogP) is 5.26. The summed E-state index contributed by atoms with van der Waals surface area (Å²) in [5.41, 5.74) is 1.29. The third-order valence-electron chi connectivity index (χ3n) is 4.19. The van der Waals surface area contributed by atoms with Gasteiger partial charge in [-0.15, -0.1) is 0 Å². The maximum atomic E-state index is 4.12. The Balaban J connectivity index is 4.40. The number of rotatable bonds is 10. The van der Waals surface area contributed by atoms with Crippen molar-refractivity contribution in [3.63, 3.8) is 0 Å². The maximum Gasteiger partial charge on any atom is 0.0554 e. The van der Waals surface area contributed by atoms with Crippen LogP contribution in [-0.2, 0) is 0 Å². The number of hydrogen-bond acceptors (Lipinski definition) is 2. The molecule has 2 heteroatoms. The molecule has 0 aromatic rings. The first-order valence-electron chi connectivity index (χ1n) is 7.77. The van der Waals surface area contributed by atoms with Crippen LogP contribution in [0.2, 0.25) is 0 Å². The number of hydrogen-bond donors (Lipinski definition) is 0. The van der Waals surface area contributed by atoms with E-state index in [2.05, 4.69) is 64.5 Å². The van der Waals surface area contributed by atoms with Gasteiger partial charge >= 0.3 is 0 Å². The van der Waals surface area contributed by atoms with Crippen molar-refractivity contribution in [3.8, 4) is 0 Å². The summed E-state index contributed by atoms with van der Waals surface area (Å²) in [6.45, 7) is 15.1. The molecule has 1 unspecified atom stereocenters. The lowest BCUT2D eigenvalue weighted by Crippen LogP contribution is -2.37. The second-order valence-electron chi connectivity index (χ2n) is 6.36. The minimum Gasteiger partial charge on any atom is -0.374 e. The van der Waals surface area contributed by atoms with Crippen molar-refractivity contribution in [1.29, 1.82) is 0 Å². The van der Waals surface area contributed by atoms with Crippen molar-refractivity contribution < 1.29 is 0 Å². The molecule has 0 N–H and O–H groups in total.